The van der Waals surface area contributed by atoms with Crippen molar-refractivity contribution in [3.05, 3.63) is 98.5 Å². The van der Waals surface area contributed by atoms with Crippen LogP contribution < -0.4 is 10.2 Å². The number of hydrogen-bond acceptors (Lipinski definition) is 5. The molecular weight excluding hydrogens is 484 g/mol. The lowest BCUT2D eigenvalue weighted by molar-refractivity contribution is -0.383. The van der Waals surface area contributed by atoms with Gasteiger partial charge >= 0.3 is 0 Å². The summed E-state index contributed by atoms with van der Waals surface area (Å²) < 4.78 is 0.791. The van der Waals surface area contributed by atoms with Gasteiger partial charge in [-0.15, -0.1) is 0 Å². The third kappa shape index (κ3) is 5.51. The van der Waals surface area contributed by atoms with Crippen molar-refractivity contribution in [2.45, 2.75) is 6.42 Å². The average molecular weight is 509 g/mol. The van der Waals surface area contributed by atoms with Crippen LogP contribution in [0.5, 0.6) is 0 Å². The summed E-state index contributed by atoms with van der Waals surface area (Å²) in [6.07, 6.45) is 0.776. The van der Waals surface area contributed by atoms with Crippen LogP contribution >= 0.6 is 15.9 Å². The van der Waals surface area contributed by atoms with Crippen LogP contribution in [0.25, 0.3) is 0 Å². The number of amides is 1. The van der Waals surface area contributed by atoms with E-state index >= 15 is 0 Å². The van der Waals surface area contributed by atoms with E-state index < -0.39 is 0 Å². The largest absolute Gasteiger partial charge is 0.379 e. The molecule has 1 N–H and O–H groups in total. The second-order valence-corrected chi connectivity index (χ2v) is 8.73. The highest BCUT2D eigenvalue weighted by Crippen LogP contribution is 2.30. The molecule has 0 aromatic heterocycles. The summed E-state index contributed by atoms with van der Waals surface area (Å²) >= 11 is 3.45. The van der Waals surface area contributed by atoms with Gasteiger partial charge in [-0.2, -0.15) is 0 Å². The summed E-state index contributed by atoms with van der Waals surface area (Å²) in [5.41, 5.74) is 3.33. The third-order valence-corrected chi connectivity index (χ3v) is 6.48. The summed E-state index contributed by atoms with van der Waals surface area (Å²) in [7, 11) is 0. The maximum Gasteiger partial charge on any atom is 0.292 e. The van der Waals surface area contributed by atoms with Gasteiger partial charge < -0.3 is 15.1 Å². The van der Waals surface area contributed by atoms with E-state index in [9.17, 15) is 14.9 Å². The number of nitro groups is 1. The average Bonchev–Trinajstić information content (AvgIpc) is 2.84. The van der Waals surface area contributed by atoms with E-state index in [1.54, 1.807) is 12.1 Å². The number of benzene rings is 3. The molecule has 33 heavy (non-hydrogen) atoms. The number of halogens is 1. The number of carbonyl (C=O) groups excluding carboxylic acids is 1. The van der Waals surface area contributed by atoms with Crippen LogP contribution in [0.4, 0.5) is 17.1 Å². The van der Waals surface area contributed by atoms with Crippen LogP contribution in [0.15, 0.2) is 77.3 Å². The van der Waals surface area contributed by atoms with Gasteiger partial charge in [-0.1, -0.05) is 42.5 Å². The number of nitrogens with zero attached hydrogens (tertiary/aromatic N) is 3. The van der Waals surface area contributed by atoms with E-state index in [-0.39, 0.29) is 16.5 Å². The lowest BCUT2D eigenvalue weighted by Gasteiger charge is -2.36. The molecule has 3 aromatic rings. The Bertz CT molecular complexity index is 1130. The highest BCUT2D eigenvalue weighted by atomic mass is 79.9. The zero-order valence-electron chi connectivity index (χ0n) is 18.1. The molecule has 0 saturated carbocycles. The molecule has 0 bridgehead atoms. The highest BCUT2D eigenvalue weighted by molar-refractivity contribution is 9.10. The Labute approximate surface area is 201 Å². The van der Waals surface area contributed by atoms with Gasteiger partial charge in [-0.3, -0.25) is 14.9 Å². The van der Waals surface area contributed by atoms with E-state index in [0.29, 0.717) is 44.0 Å². The molecule has 1 aliphatic rings. The molecule has 1 saturated heterocycles. The van der Waals surface area contributed by atoms with Crippen molar-refractivity contribution in [2.75, 3.05) is 42.9 Å². The number of nitrogens with one attached hydrogen (secondary N) is 1. The summed E-state index contributed by atoms with van der Waals surface area (Å²) in [6.45, 7) is 3.11. The van der Waals surface area contributed by atoms with E-state index in [2.05, 4.69) is 26.1 Å². The van der Waals surface area contributed by atoms with Crippen LogP contribution in [0.2, 0.25) is 0 Å². The normalized spacial score (nSPS) is 13.6. The molecule has 0 radical (unpaired) electrons. The predicted molar refractivity (Wildman–Crippen MR) is 134 cm³/mol. The van der Waals surface area contributed by atoms with Crippen LogP contribution in [0, 0.1) is 10.1 Å². The van der Waals surface area contributed by atoms with Crippen molar-refractivity contribution in [2.24, 2.45) is 0 Å². The number of piperazine rings is 1. The summed E-state index contributed by atoms with van der Waals surface area (Å²) in [6, 6.07) is 22.6. The molecule has 0 spiro atoms. The van der Waals surface area contributed by atoms with E-state index in [4.69, 9.17) is 0 Å². The molecular formula is C25H25BrN4O3. The minimum absolute atomic E-state index is 0.00842. The van der Waals surface area contributed by atoms with Crippen LogP contribution in [-0.4, -0.2) is 48.5 Å². The van der Waals surface area contributed by atoms with Crippen molar-refractivity contribution in [1.29, 1.82) is 0 Å². The molecule has 7 nitrogen and oxygen atoms in total. The minimum Gasteiger partial charge on any atom is -0.379 e. The molecule has 8 heteroatoms. The van der Waals surface area contributed by atoms with Gasteiger partial charge in [0.15, 0.2) is 0 Å². The van der Waals surface area contributed by atoms with Crippen molar-refractivity contribution in [3.63, 3.8) is 0 Å². The molecule has 1 amide bonds. The van der Waals surface area contributed by atoms with E-state index in [0.717, 1.165) is 16.6 Å². The van der Waals surface area contributed by atoms with Crippen molar-refractivity contribution in [1.82, 2.24) is 4.90 Å². The Balaban J connectivity index is 1.41. The Hall–Kier alpha value is -3.39. The third-order valence-electron chi connectivity index (χ3n) is 5.79. The molecule has 0 aliphatic carbocycles. The summed E-state index contributed by atoms with van der Waals surface area (Å²) in [5.74, 6) is 0.00842. The standard InChI is InChI=1S/C25H25BrN4O3/c26-22-9-5-4-8-21(22)25(31)29-16-14-28(15-17-29)20-10-11-24(30(32)33)23(18-20)27-13-12-19-6-2-1-3-7-19/h1-11,18,27H,12-17H2. The number of anilines is 2. The van der Waals surface area contributed by atoms with E-state index in [1.165, 1.54) is 5.56 Å². The van der Waals surface area contributed by atoms with Gasteiger partial charge in [0.25, 0.3) is 11.6 Å². The smallest absolute Gasteiger partial charge is 0.292 e. The number of nitro benzene ring substituents is 1. The molecule has 0 unspecified atom stereocenters. The molecule has 4 rings (SSSR count). The van der Waals surface area contributed by atoms with Gasteiger partial charge in [-0.05, 0) is 52.2 Å². The fraction of sp³-hybridized carbons (Fsp3) is 0.240. The fourth-order valence-corrected chi connectivity index (χ4v) is 4.43. The van der Waals surface area contributed by atoms with Gasteiger partial charge in [0.1, 0.15) is 5.69 Å². The fourth-order valence-electron chi connectivity index (χ4n) is 3.98. The number of hydrogen-bond donors (Lipinski definition) is 1. The quantitative estimate of drug-likeness (QED) is 0.359. The van der Waals surface area contributed by atoms with Crippen molar-refractivity contribution in [3.8, 4) is 0 Å². The number of rotatable bonds is 7. The Morgan fingerprint density at radius 1 is 0.970 bits per heavy atom. The predicted octanol–water partition coefficient (Wildman–Crippen LogP) is 4.97. The topological polar surface area (TPSA) is 78.7 Å². The molecule has 1 heterocycles. The summed E-state index contributed by atoms with van der Waals surface area (Å²) in [4.78, 5) is 28.0. The highest BCUT2D eigenvalue weighted by Gasteiger charge is 2.24. The lowest BCUT2D eigenvalue weighted by Crippen LogP contribution is -2.48. The zero-order chi connectivity index (χ0) is 23.2. The molecule has 0 atom stereocenters. The monoisotopic (exact) mass is 508 g/mol. The van der Waals surface area contributed by atoms with Gasteiger partial charge in [-0.25, -0.2) is 0 Å². The Kier molecular flexibility index (Phi) is 7.24. The van der Waals surface area contributed by atoms with Gasteiger partial charge in [0.2, 0.25) is 0 Å². The Morgan fingerprint density at radius 3 is 2.36 bits per heavy atom. The minimum atomic E-state index is -0.358. The molecule has 1 fully saturated rings. The first-order valence-corrected chi connectivity index (χ1v) is 11.7. The SMILES string of the molecule is O=C(c1ccccc1Br)N1CCN(c2ccc([N+](=O)[O-])c(NCCc3ccccc3)c2)CC1. The molecule has 170 valence electrons. The first-order chi connectivity index (χ1) is 16.0. The zero-order valence-corrected chi connectivity index (χ0v) is 19.7. The first-order valence-electron chi connectivity index (χ1n) is 10.9. The van der Waals surface area contributed by atoms with Crippen LogP contribution in [0.3, 0.4) is 0 Å². The Morgan fingerprint density at radius 2 is 1.67 bits per heavy atom. The van der Waals surface area contributed by atoms with Crippen LogP contribution in [-0.2, 0) is 6.42 Å². The van der Waals surface area contributed by atoms with Crippen LogP contribution in [0.1, 0.15) is 15.9 Å². The van der Waals surface area contributed by atoms with Gasteiger partial charge in [0, 0.05) is 49.0 Å². The maximum absolute atomic E-state index is 12.9. The van der Waals surface area contributed by atoms with Crippen molar-refractivity contribution >= 4 is 38.9 Å². The van der Waals surface area contributed by atoms with E-state index in [1.807, 2.05) is 65.6 Å². The molecule has 1 aliphatic heterocycles. The second-order valence-electron chi connectivity index (χ2n) is 7.88. The maximum atomic E-state index is 12.9. The van der Waals surface area contributed by atoms with Gasteiger partial charge in [0.05, 0.1) is 10.5 Å². The van der Waals surface area contributed by atoms with Crippen molar-refractivity contribution < 1.29 is 9.72 Å². The second kappa shape index (κ2) is 10.5. The lowest BCUT2D eigenvalue weighted by atomic mass is 10.1. The summed E-state index contributed by atoms with van der Waals surface area (Å²) in [5, 5.41) is 14.8. The first kappa shape index (κ1) is 22.8. The number of carbonyl (C=O) groups is 1. The molecule has 3 aromatic carbocycles.